The summed E-state index contributed by atoms with van der Waals surface area (Å²) in [7, 11) is 0. The Morgan fingerprint density at radius 1 is 1.06 bits per heavy atom. The summed E-state index contributed by atoms with van der Waals surface area (Å²) in [5, 5.41) is 8.83. The number of para-hydroxylation sites is 1. The van der Waals surface area contributed by atoms with Crippen LogP contribution in [-0.2, 0) is 0 Å². The van der Waals surface area contributed by atoms with Crippen molar-refractivity contribution in [3.63, 3.8) is 0 Å². The molecule has 0 aliphatic heterocycles. The minimum atomic E-state index is -0.430. The van der Waals surface area contributed by atoms with E-state index in [1.807, 2.05) is 60.8 Å². The number of nitrogens with one attached hydrogen (secondary N) is 1. The smallest absolute Gasteiger partial charge is 0.271 e. The van der Waals surface area contributed by atoms with E-state index in [-0.39, 0.29) is 0 Å². The number of rotatable bonds is 8. The van der Waals surface area contributed by atoms with Crippen molar-refractivity contribution in [2.75, 3.05) is 6.61 Å². The van der Waals surface area contributed by atoms with Crippen LogP contribution in [0.1, 0.15) is 29.3 Å². The van der Waals surface area contributed by atoms with Gasteiger partial charge in [0.1, 0.15) is 17.3 Å². The molecule has 1 heterocycles. The average molecular weight is 442 g/mol. The first-order chi connectivity index (χ1) is 16.1. The van der Waals surface area contributed by atoms with Crippen LogP contribution < -0.4 is 10.2 Å². The SMILES string of the molecule is CCCOc1ccc(-c2nn(-c3ccccc3)cc2/C=N/NC(=O)c2ccc(F)cc2)cc1. The van der Waals surface area contributed by atoms with Crippen molar-refractivity contribution in [3.05, 3.63) is 102 Å². The third-order valence-corrected chi connectivity index (χ3v) is 4.84. The molecule has 0 saturated heterocycles. The zero-order chi connectivity index (χ0) is 23.0. The van der Waals surface area contributed by atoms with E-state index in [2.05, 4.69) is 17.5 Å². The van der Waals surface area contributed by atoms with E-state index < -0.39 is 11.7 Å². The highest BCUT2D eigenvalue weighted by molar-refractivity contribution is 5.95. The van der Waals surface area contributed by atoms with Crippen LogP contribution in [0.3, 0.4) is 0 Å². The molecule has 0 atom stereocenters. The van der Waals surface area contributed by atoms with E-state index in [4.69, 9.17) is 9.84 Å². The Kier molecular flexibility index (Phi) is 6.90. The second-order valence-corrected chi connectivity index (χ2v) is 7.29. The monoisotopic (exact) mass is 442 g/mol. The van der Waals surface area contributed by atoms with Crippen molar-refractivity contribution in [1.29, 1.82) is 0 Å². The molecule has 7 heteroatoms. The lowest BCUT2D eigenvalue weighted by atomic mass is 10.1. The summed E-state index contributed by atoms with van der Waals surface area (Å²) < 4.78 is 20.5. The topological polar surface area (TPSA) is 68.5 Å². The molecule has 0 unspecified atom stereocenters. The Hall–Kier alpha value is -4.26. The number of aromatic nitrogens is 2. The van der Waals surface area contributed by atoms with Crippen molar-refractivity contribution in [1.82, 2.24) is 15.2 Å². The van der Waals surface area contributed by atoms with Crippen LogP contribution >= 0.6 is 0 Å². The number of hydrogen-bond acceptors (Lipinski definition) is 4. The summed E-state index contributed by atoms with van der Waals surface area (Å²) >= 11 is 0. The maximum atomic E-state index is 13.1. The lowest BCUT2D eigenvalue weighted by Gasteiger charge is -2.05. The first kappa shape index (κ1) is 22.0. The first-order valence-corrected chi connectivity index (χ1v) is 10.6. The van der Waals surface area contributed by atoms with Gasteiger partial charge in [-0.3, -0.25) is 4.79 Å². The fourth-order valence-electron chi connectivity index (χ4n) is 3.17. The predicted molar refractivity (Wildman–Crippen MR) is 126 cm³/mol. The first-order valence-electron chi connectivity index (χ1n) is 10.6. The number of carbonyl (C=O) groups is 1. The number of amides is 1. The molecule has 1 aromatic heterocycles. The van der Waals surface area contributed by atoms with Gasteiger partial charge in [-0.25, -0.2) is 14.5 Å². The number of carbonyl (C=O) groups excluding carboxylic acids is 1. The standard InChI is InChI=1S/C26H23FN4O2/c1-2-16-33-24-14-10-19(11-15-24)25-21(18-31(30-25)23-6-4-3-5-7-23)17-28-29-26(32)20-8-12-22(27)13-9-20/h3-15,17-18H,2,16H2,1H3,(H,29,32)/b28-17+. The molecule has 4 rings (SSSR count). The van der Waals surface area contributed by atoms with Gasteiger partial charge in [-0.15, -0.1) is 0 Å². The van der Waals surface area contributed by atoms with Crippen LogP contribution in [0, 0.1) is 5.82 Å². The molecule has 4 aromatic rings. The van der Waals surface area contributed by atoms with Gasteiger partial charge in [0, 0.05) is 22.9 Å². The number of halogens is 1. The molecule has 33 heavy (non-hydrogen) atoms. The minimum absolute atomic E-state index is 0.316. The van der Waals surface area contributed by atoms with Crippen molar-refractivity contribution < 1.29 is 13.9 Å². The van der Waals surface area contributed by atoms with E-state index in [9.17, 15) is 9.18 Å². The summed E-state index contributed by atoms with van der Waals surface area (Å²) in [5.41, 5.74) is 6.01. The van der Waals surface area contributed by atoms with Crippen LogP contribution in [0.15, 0.2) is 90.2 Å². The molecule has 0 radical (unpaired) electrons. The van der Waals surface area contributed by atoms with Crippen LogP contribution in [0.5, 0.6) is 5.75 Å². The predicted octanol–water partition coefficient (Wildman–Crippen LogP) is 5.23. The van der Waals surface area contributed by atoms with Crippen molar-refractivity contribution >= 4 is 12.1 Å². The van der Waals surface area contributed by atoms with Crippen molar-refractivity contribution in [2.45, 2.75) is 13.3 Å². The van der Waals surface area contributed by atoms with Crippen LogP contribution in [0.25, 0.3) is 16.9 Å². The van der Waals surface area contributed by atoms with Gasteiger partial charge in [0.05, 0.1) is 18.5 Å². The van der Waals surface area contributed by atoms with E-state index in [1.54, 1.807) is 10.9 Å². The molecule has 0 spiro atoms. The van der Waals surface area contributed by atoms with E-state index in [0.717, 1.165) is 29.0 Å². The molecule has 1 N–H and O–H groups in total. The van der Waals surface area contributed by atoms with Gasteiger partial charge in [-0.2, -0.15) is 10.2 Å². The molecule has 0 saturated carbocycles. The van der Waals surface area contributed by atoms with Crippen LogP contribution in [0.4, 0.5) is 4.39 Å². The Morgan fingerprint density at radius 2 is 1.79 bits per heavy atom. The molecule has 0 aliphatic rings. The number of benzene rings is 3. The average Bonchev–Trinajstić information content (AvgIpc) is 3.28. The number of nitrogens with zero attached hydrogens (tertiary/aromatic N) is 3. The van der Waals surface area contributed by atoms with Crippen LogP contribution in [-0.4, -0.2) is 28.5 Å². The molecule has 3 aromatic carbocycles. The lowest BCUT2D eigenvalue weighted by molar-refractivity contribution is 0.0955. The molecular weight excluding hydrogens is 419 g/mol. The Labute approximate surface area is 191 Å². The van der Waals surface area contributed by atoms with E-state index >= 15 is 0 Å². The quantitative estimate of drug-likeness (QED) is 0.300. The van der Waals surface area contributed by atoms with Gasteiger partial charge < -0.3 is 4.74 Å². The summed E-state index contributed by atoms with van der Waals surface area (Å²) in [4.78, 5) is 12.3. The summed E-state index contributed by atoms with van der Waals surface area (Å²) in [6.45, 7) is 2.72. The van der Waals surface area contributed by atoms with Gasteiger partial charge in [0.25, 0.3) is 5.91 Å². The Bertz CT molecular complexity index is 1230. The molecule has 166 valence electrons. The van der Waals surface area contributed by atoms with Gasteiger partial charge >= 0.3 is 0 Å². The largest absolute Gasteiger partial charge is 0.494 e. The van der Waals surface area contributed by atoms with Gasteiger partial charge in [0.2, 0.25) is 0 Å². The number of hydrogen-bond donors (Lipinski definition) is 1. The zero-order valence-electron chi connectivity index (χ0n) is 18.1. The zero-order valence-corrected chi connectivity index (χ0v) is 18.1. The fraction of sp³-hybridized carbons (Fsp3) is 0.115. The highest BCUT2D eigenvalue weighted by atomic mass is 19.1. The van der Waals surface area contributed by atoms with Crippen LogP contribution in [0.2, 0.25) is 0 Å². The summed E-state index contributed by atoms with van der Waals surface area (Å²) in [6.07, 6.45) is 4.33. The molecular formula is C26H23FN4O2. The molecule has 1 amide bonds. The Morgan fingerprint density at radius 3 is 2.48 bits per heavy atom. The minimum Gasteiger partial charge on any atom is -0.494 e. The highest BCUT2D eigenvalue weighted by Crippen LogP contribution is 2.25. The third-order valence-electron chi connectivity index (χ3n) is 4.84. The maximum absolute atomic E-state index is 13.1. The van der Waals surface area contributed by atoms with Crippen molar-refractivity contribution in [3.8, 4) is 22.7 Å². The molecule has 0 aliphatic carbocycles. The molecule has 6 nitrogen and oxygen atoms in total. The Balaban J connectivity index is 1.60. The van der Waals surface area contributed by atoms with Gasteiger partial charge in [-0.05, 0) is 67.1 Å². The number of hydrazone groups is 1. The van der Waals surface area contributed by atoms with Gasteiger partial charge in [-0.1, -0.05) is 25.1 Å². The molecule has 0 fully saturated rings. The summed E-state index contributed by atoms with van der Waals surface area (Å²) in [6, 6.07) is 22.7. The second-order valence-electron chi connectivity index (χ2n) is 7.29. The van der Waals surface area contributed by atoms with E-state index in [0.29, 0.717) is 17.9 Å². The maximum Gasteiger partial charge on any atom is 0.271 e. The fourth-order valence-corrected chi connectivity index (χ4v) is 3.17. The highest BCUT2D eigenvalue weighted by Gasteiger charge is 2.12. The molecule has 0 bridgehead atoms. The third kappa shape index (κ3) is 5.51. The number of ether oxygens (including phenoxy) is 1. The van der Waals surface area contributed by atoms with Crippen molar-refractivity contribution in [2.24, 2.45) is 5.10 Å². The summed E-state index contributed by atoms with van der Waals surface area (Å²) in [5.74, 6) is -0.0373. The lowest BCUT2D eigenvalue weighted by Crippen LogP contribution is -2.17. The van der Waals surface area contributed by atoms with E-state index in [1.165, 1.54) is 24.3 Å². The van der Waals surface area contributed by atoms with Gasteiger partial charge in [0.15, 0.2) is 0 Å². The normalized spacial score (nSPS) is 11.0. The second kappa shape index (κ2) is 10.4.